The summed E-state index contributed by atoms with van der Waals surface area (Å²) in [7, 11) is 1.73. The molecule has 0 aliphatic rings. The van der Waals surface area contributed by atoms with Gasteiger partial charge in [-0.25, -0.2) is 0 Å². The number of nitrogens with one attached hydrogen (secondary N) is 1. The highest BCUT2D eigenvalue weighted by molar-refractivity contribution is 6.31. The molecule has 0 aliphatic carbocycles. The quantitative estimate of drug-likeness (QED) is 0.813. The minimum absolute atomic E-state index is 0.0910. The molecule has 0 saturated carbocycles. The summed E-state index contributed by atoms with van der Waals surface area (Å²) < 4.78 is 0. The summed E-state index contributed by atoms with van der Waals surface area (Å²) >= 11 is 5.99. The third-order valence-electron chi connectivity index (χ3n) is 3.01. The van der Waals surface area contributed by atoms with Gasteiger partial charge in [-0.05, 0) is 38.0 Å². The fraction of sp³-hybridized carbons (Fsp3) is 0.533. The lowest BCUT2D eigenvalue weighted by Crippen LogP contribution is -2.30. The number of anilines is 1. The van der Waals surface area contributed by atoms with E-state index in [1.54, 1.807) is 31.0 Å². The highest BCUT2D eigenvalue weighted by Crippen LogP contribution is 2.22. The van der Waals surface area contributed by atoms with Crippen LogP contribution < -0.4 is 5.32 Å². The van der Waals surface area contributed by atoms with Gasteiger partial charge in [0.15, 0.2) is 0 Å². The molecular weight excluding hydrogens is 276 g/mol. The summed E-state index contributed by atoms with van der Waals surface area (Å²) in [5, 5.41) is 13.1. The summed E-state index contributed by atoms with van der Waals surface area (Å²) in [5.41, 5.74) is 1.36. The number of benzene rings is 1. The molecule has 2 N–H and O–H groups in total. The maximum absolute atomic E-state index is 12.4. The fourth-order valence-electron chi connectivity index (χ4n) is 1.79. The minimum atomic E-state index is -0.415. The van der Waals surface area contributed by atoms with Crippen molar-refractivity contribution < 1.29 is 9.90 Å². The van der Waals surface area contributed by atoms with Crippen LogP contribution in [0.3, 0.4) is 0 Å². The van der Waals surface area contributed by atoms with Gasteiger partial charge in [0.2, 0.25) is 0 Å². The molecule has 1 aromatic rings. The molecule has 112 valence electrons. The number of hydrogen-bond acceptors (Lipinski definition) is 3. The molecule has 1 amide bonds. The van der Waals surface area contributed by atoms with Crippen molar-refractivity contribution in [3.8, 4) is 0 Å². The predicted octanol–water partition coefficient (Wildman–Crippen LogP) is 3.00. The first-order chi connectivity index (χ1) is 9.45. The second kappa shape index (κ2) is 8.12. The van der Waals surface area contributed by atoms with Crippen molar-refractivity contribution in [3.05, 3.63) is 28.8 Å². The highest BCUT2D eigenvalue weighted by Gasteiger charge is 2.16. The van der Waals surface area contributed by atoms with Crippen molar-refractivity contribution in [1.29, 1.82) is 0 Å². The van der Waals surface area contributed by atoms with Crippen LogP contribution in [0.15, 0.2) is 18.2 Å². The molecule has 0 aliphatic heterocycles. The normalized spacial score (nSPS) is 12.1. The monoisotopic (exact) mass is 298 g/mol. The van der Waals surface area contributed by atoms with E-state index >= 15 is 0 Å². The van der Waals surface area contributed by atoms with Gasteiger partial charge < -0.3 is 15.3 Å². The second-order valence-corrected chi connectivity index (χ2v) is 5.42. The lowest BCUT2D eigenvalue weighted by Gasteiger charge is -2.20. The Labute approximate surface area is 125 Å². The Kier molecular flexibility index (Phi) is 6.82. The Balaban J connectivity index is 2.86. The molecule has 4 nitrogen and oxygen atoms in total. The molecule has 5 heteroatoms. The molecular formula is C15H23ClN2O2. The number of amides is 1. The van der Waals surface area contributed by atoms with Crippen LogP contribution in [0.25, 0.3) is 0 Å². The van der Waals surface area contributed by atoms with Gasteiger partial charge in [-0.15, -0.1) is 0 Å². The number of carbonyl (C=O) groups excluding carboxylic acids is 1. The number of rotatable bonds is 7. The first-order valence-corrected chi connectivity index (χ1v) is 7.30. The average molecular weight is 299 g/mol. The lowest BCUT2D eigenvalue weighted by atomic mass is 10.1. The number of halogens is 1. The molecule has 0 saturated heterocycles. The second-order valence-electron chi connectivity index (χ2n) is 4.98. The zero-order valence-electron chi connectivity index (χ0n) is 12.3. The average Bonchev–Trinajstić information content (AvgIpc) is 2.42. The zero-order chi connectivity index (χ0) is 15.1. The van der Waals surface area contributed by atoms with E-state index in [1.807, 2.05) is 6.07 Å². The Morgan fingerprint density at radius 3 is 2.80 bits per heavy atom. The zero-order valence-corrected chi connectivity index (χ0v) is 13.1. The van der Waals surface area contributed by atoms with Gasteiger partial charge in [0.05, 0.1) is 11.7 Å². The van der Waals surface area contributed by atoms with E-state index in [2.05, 4.69) is 12.2 Å². The van der Waals surface area contributed by atoms with Gasteiger partial charge in [-0.2, -0.15) is 0 Å². The van der Waals surface area contributed by atoms with Gasteiger partial charge in [0.1, 0.15) is 0 Å². The van der Waals surface area contributed by atoms with Gasteiger partial charge >= 0.3 is 0 Å². The summed E-state index contributed by atoms with van der Waals surface area (Å²) in [5.74, 6) is -0.0910. The summed E-state index contributed by atoms with van der Waals surface area (Å²) in [6, 6.07) is 5.28. The van der Waals surface area contributed by atoms with E-state index in [1.165, 1.54) is 0 Å². The van der Waals surface area contributed by atoms with Gasteiger partial charge in [-0.3, -0.25) is 4.79 Å². The van der Waals surface area contributed by atoms with Crippen LogP contribution in [0.2, 0.25) is 5.02 Å². The smallest absolute Gasteiger partial charge is 0.255 e. The van der Waals surface area contributed by atoms with Crippen LogP contribution in [-0.4, -0.2) is 42.2 Å². The number of aliphatic hydroxyl groups is 1. The van der Waals surface area contributed by atoms with Crippen LogP contribution in [0.5, 0.6) is 0 Å². The number of hydrogen-bond donors (Lipinski definition) is 2. The van der Waals surface area contributed by atoms with Crippen molar-refractivity contribution in [1.82, 2.24) is 4.90 Å². The Morgan fingerprint density at radius 2 is 2.20 bits per heavy atom. The lowest BCUT2D eigenvalue weighted by molar-refractivity contribution is 0.0770. The summed E-state index contributed by atoms with van der Waals surface area (Å²) in [6.07, 6.45) is 1.12. The SMILES string of the molecule is CCCNc1ccc(Cl)cc1C(=O)N(C)CCC(C)O. The number of carbonyl (C=O) groups is 1. The van der Waals surface area contributed by atoms with Crippen LogP contribution >= 0.6 is 11.6 Å². The van der Waals surface area contributed by atoms with Crippen LogP contribution in [0, 0.1) is 0 Å². The van der Waals surface area contributed by atoms with Crippen molar-refractivity contribution in [2.75, 3.05) is 25.5 Å². The molecule has 0 fully saturated rings. The molecule has 1 aromatic carbocycles. The van der Waals surface area contributed by atoms with Crippen molar-refractivity contribution in [2.45, 2.75) is 32.8 Å². The number of aliphatic hydroxyl groups excluding tert-OH is 1. The molecule has 0 bridgehead atoms. The van der Waals surface area contributed by atoms with E-state index in [0.717, 1.165) is 18.7 Å². The molecule has 1 atom stereocenters. The third kappa shape index (κ3) is 5.02. The van der Waals surface area contributed by atoms with Gasteiger partial charge in [-0.1, -0.05) is 18.5 Å². The van der Waals surface area contributed by atoms with Crippen LogP contribution in [0.4, 0.5) is 5.69 Å². The Hall–Kier alpha value is -1.26. The summed E-state index contributed by atoms with van der Waals surface area (Å²) in [6.45, 7) is 5.10. The van der Waals surface area contributed by atoms with Gasteiger partial charge in [0, 0.05) is 30.8 Å². The van der Waals surface area contributed by atoms with Crippen molar-refractivity contribution in [2.24, 2.45) is 0 Å². The number of nitrogens with zero attached hydrogens (tertiary/aromatic N) is 1. The topological polar surface area (TPSA) is 52.6 Å². The minimum Gasteiger partial charge on any atom is -0.393 e. The molecule has 0 aromatic heterocycles. The molecule has 1 unspecified atom stereocenters. The molecule has 0 spiro atoms. The van der Waals surface area contributed by atoms with Gasteiger partial charge in [0.25, 0.3) is 5.91 Å². The Morgan fingerprint density at radius 1 is 1.50 bits per heavy atom. The van der Waals surface area contributed by atoms with Crippen molar-refractivity contribution in [3.63, 3.8) is 0 Å². The first kappa shape index (κ1) is 16.8. The van der Waals surface area contributed by atoms with E-state index in [-0.39, 0.29) is 5.91 Å². The molecule has 0 heterocycles. The standard InChI is InChI=1S/C15H23ClN2O2/c1-4-8-17-14-6-5-12(16)10-13(14)15(20)18(3)9-7-11(2)19/h5-6,10-11,17,19H,4,7-9H2,1-3H3. The van der Waals surface area contributed by atoms with Crippen LogP contribution in [0.1, 0.15) is 37.0 Å². The first-order valence-electron chi connectivity index (χ1n) is 6.92. The molecule has 20 heavy (non-hydrogen) atoms. The fourth-order valence-corrected chi connectivity index (χ4v) is 1.97. The predicted molar refractivity (Wildman–Crippen MR) is 83.5 cm³/mol. The maximum Gasteiger partial charge on any atom is 0.255 e. The molecule has 1 rings (SSSR count). The maximum atomic E-state index is 12.4. The van der Waals surface area contributed by atoms with Crippen LogP contribution in [-0.2, 0) is 0 Å². The summed E-state index contributed by atoms with van der Waals surface area (Å²) in [4.78, 5) is 14.0. The van der Waals surface area contributed by atoms with E-state index in [9.17, 15) is 9.90 Å². The van der Waals surface area contributed by atoms with E-state index in [0.29, 0.717) is 23.6 Å². The van der Waals surface area contributed by atoms with Crippen molar-refractivity contribution >= 4 is 23.2 Å². The largest absolute Gasteiger partial charge is 0.393 e. The van der Waals surface area contributed by atoms with E-state index in [4.69, 9.17) is 11.6 Å². The third-order valence-corrected chi connectivity index (χ3v) is 3.24. The molecule has 0 radical (unpaired) electrons. The Bertz CT molecular complexity index is 449. The van der Waals surface area contributed by atoms with E-state index < -0.39 is 6.10 Å². The highest BCUT2D eigenvalue weighted by atomic mass is 35.5.